The van der Waals surface area contributed by atoms with E-state index < -0.39 is 11.6 Å². The normalized spacial score (nSPS) is 17.1. The van der Waals surface area contributed by atoms with Crippen molar-refractivity contribution in [2.75, 3.05) is 24.5 Å². The summed E-state index contributed by atoms with van der Waals surface area (Å²) in [7, 11) is 1.70. The SMILES string of the molecule is Cn1ncc(CN)c1C(=O)NCC1CCN(c2ccc(F)c(F)c2)C1. The number of rotatable bonds is 5. The number of aryl methyl sites for hydroxylation is 1. The standard InChI is InChI=1S/C17H21F2N5O/c1-23-16(12(7-20)9-22-23)17(25)21-8-11-4-5-24(10-11)13-2-3-14(18)15(19)6-13/h2-3,6,9,11H,4-5,7-8,10,20H2,1H3,(H,21,25). The van der Waals surface area contributed by atoms with Gasteiger partial charge in [0.25, 0.3) is 5.91 Å². The van der Waals surface area contributed by atoms with Crippen molar-refractivity contribution < 1.29 is 13.6 Å². The van der Waals surface area contributed by atoms with E-state index in [-0.39, 0.29) is 18.4 Å². The zero-order valence-electron chi connectivity index (χ0n) is 14.0. The molecule has 3 N–H and O–H groups in total. The van der Waals surface area contributed by atoms with Crippen LogP contribution in [0.5, 0.6) is 0 Å². The molecule has 0 spiro atoms. The van der Waals surface area contributed by atoms with Crippen LogP contribution in [-0.4, -0.2) is 35.3 Å². The molecule has 25 heavy (non-hydrogen) atoms. The van der Waals surface area contributed by atoms with Gasteiger partial charge < -0.3 is 16.0 Å². The predicted octanol–water partition coefficient (Wildman–Crippen LogP) is 1.41. The van der Waals surface area contributed by atoms with Gasteiger partial charge in [0.2, 0.25) is 0 Å². The molecule has 2 aromatic rings. The number of nitrogens with one attached hydrogen (secondary N) is 1. The van der Waals surface area contributed by atoms with E-state index in [1.807, 2.05) is 4.90 Å². The monoisotopic (exact) mass is 349 g/mol. The Hall–Kier alpha value is -2.48. The highest BCUT2D eigenvalue weighted by atomic mass is 19.2. The van der Waals surface area contributed by atoms with Crippen molar-refractivity contribution in [1.29, 1.82) is 0 Å². The first kappa shape index (κ1) is 17.3. The summed E-state index contributed by atoms with van der Waals surface area (Å²) in [4.78, 5) is 14.4. The maximum Gasteiger partial charge on any atom is 0.269 e. The van der Waals surface area contributed by atoms with Gasteiger partial charge in [-0.3, -0.25) is 9.48 Å². The highest BCUT2D eigenvalue weighted by Crippen LogP contribution is 2.25. The summed E-state index contributed by atoms with van der Waals surface area (Å²) in [5, 5.41) is 6.98. The van der Waals surface area contributed by atoms with E-state index in [4.69, 9.17) is 5.73 Å². The lowest BCUT2D eigenvalue weighted by molar-refractivity contribution is 0.0938. The molecule has 0 radical (unpaired) electrons. The van der Waals surface area contributed by atoms with Crippen LogP contribution < -0.4 is 16.0 Å². The summed E-state index contributed by atoms with van der Waals surface area (Å²) in [5.41, 5.74) is 7.46. The summed E-state index contributed by atoms with van der Waals surface area (Å²) >= 11 is 0. The minimum atomic E-state index is -0.848. The molecule has 1 unspecified atom stereocenters. The maximum atomic E-state index is 13.4. The molecule has 1 aliphatic heterocycles. The van der Waals surface area contributed by atoms with E-state index in [1.54, 1.807) is 19.3 Å². The van der Waals surface area contributed by atoms with Crippen LogP contribution in [-0.2, 0) is 13.6 Å². The van der Waals surface area contributed by atoms with Crippen molar-refractivity contribution in [2.24, 2.45) is 18.7 Å². The molecule has 0 saturated carbocycles. The smallest absolute Gasteiger partial charge is 0.269 e. The quantitative estimate of drug-likeness (QED) is 0.856. The Morgan fingerprint density at radius 3 is 2.92 bits per heavy atom. The van der Waals surface area contributed by atoms with Crippen LogP contribution >= 0.6 is 0 Å². The minimum Gasteiger partial charge on any atom is -0.371 e. The number of hydrogen-bond donors (Lipinski definition) is 2. The topological polar surface area (TPSA) is 76.2 Å². The summed E-state index contributed by atoms with van der Waals surface area (Å²) < 4.78 is 27.9. The van der Waals surface area contributed by atoms with E-state index in [2.05, 4.69) is 10.4 Å². The number of anilines is 1. The third-order valence-corrected chi connectivity index (χ3v) is 4.56. The average molecular weight is 349 g/mol. The van der Waals surface area contributed by atoms with Crippen LogP contribution in [0.15, 0.2) is 24.4 Å². The molecule has 6 nitrogen and oxygen atoms in total. The first-order valence-electron chi connectivity index (χ1n) is 8.18. The molecule has 1 atom stereocenters. The largest absolute Gasteiger partial charge is 0.371 e. The van der Waals surface area contributed by atoms with Gasteiger partial charge in [0.05, 0.1) is 6.20 Å². The Morgan fingerprint density at radius 1 is 1.40 bits per heavy atom. The van der Waals surface area contributed by atoms with Crippen molar-refractivity contribution in [2.45, 2.75) is 13.0 Å². The molecule has 0 aliphatic carbocycles. The zero-order chi connectivity index (χ0) is 18.0. The second kappa shape index (κ2) is 7.18. The fourth-order valence-corrected chi connectivity index (χ4v) is 3.16. The first-order chi connectivity index (χ1) is 12.0. The number of benzene rings is 1. The Morgan fingerprint density at radius 2 is 2.20 bits per heavy atom. The molecule has 1 saturated heterocycles. The maximum absolute atomic E-state index is 13.4. The van der Waals surface area contributed by atoms with Crippen LogP contribution in [0.2, 0.25) is 0 Å². The van der Waals surface area contributed by atoms with Gasteiger partial charge >= 0.3 is 0 Å². The van der Waals surface area contributed by atoms with Crippen LogP contribution in [0.1, 0.15) is 22.5 Å². The molecule has 3 rings (SSSR count). The van der Waals surface area contributed by atoms with E-state index >= 15 is 0 Å². The molecule has 0 bridgehead atoms. The highest BCUT2D eigenvalue weighted by molar-refractivity contribution is 5.93. The second-order valence-corrected chi connectivity index (χ2v) is 6.26. The fourth-order valence-electron chi connectivity index (χ4n) is 3.16. The lowest BCUT2D eigenvalue weighted by atomic mass is 10.1. The van der Waals surface area contributed by atoms with Gasteiger partial charge in [0.1, 0.15) is 5.69 Å². The molecular formula is C17H21F2N5O. The van der Waals surface area contributed by atoms with Gasteiger partial charge in [0, 0.05) is 50.5 Å². The fraction of sp³-hybridized carbons (Fsp3) is 0.412. The summed E-state index contributed by atoms with van der Waals surface area (Å²) in [6.45, 7) is 2.18. The molecule has 1 aliphatic rings. The molecule has 1 fully saturated rings. The van der Waals surface area contributed by atoms with E-state index in [9.17, 15) is 13.6 Å². The number of hydrogen-bond acceptors (Lipinski definition) is 4. The van der Waals surface area contributed by atoms with Crippen molar-refractivity contribution in [1.82, 2.24) is 15.1 Å². The Kier molecular flexibility index (Phi) is 4.98. The van der Waals surface area contributed by atoms with Crippen molar-refractivity contribution in [3.8, 4) is 0 Å². The molecule has 1 aromatic heterocycles. The summed E-state index contributed by atoms with van der Waals surface area (Å²) in [6.07, 6.45) is 2.46. The van der Waals surface area contributed by atoms with Crippen molar-refractivity contribution >= 4 is 11.6 Å². The zero-order valence-corrected chi connectivity index (χ0v) is 14.0. The number of nitrogens with two attached hydrogens (primary N) is 1. The van der Waals surface area contributed by atoms with Gasteiger partial charge in [-0.15, -0.1) is 0 Å². The number of halogens is 2. The molecule has 1 amide bonds. The second-order valence-electron chi connectivity index (χ2n) is 6.26. The van der Waals surface area contributed by atoms with E-state index in [1.165, 1.54) is 10.7 Å². The number of carbonyl (C=O) groups excluding carboxylic acids is 1. The molecule has 1 aromatic carbocycles. The van der Waals surface area contributed by atoms with Crippen LogP contribution in [0, 0.1) is 17.6 Å². The van der Waals surface area contributed by atoms with Gasteiger partial charge in [-0.1, -0.05) is 0 Å². The number of nitrogens with zero attached hydrogens (tertiary/aromatic N) is 3. The number of amides is 1. The number of carbonyl (C=O) groups is 1. The minimum absolute atomic E-state index is 0.202. The lowest BCUT2D eigenvalue weighted by Crippen LogP contribution is -2.33. The van der Waals surface area contributed by atoms with Crippen LogP contribution in [0.4, 0.5) is 14.5 Å². The van der Waals surface area contributed by atoms with Crippen molar-refractivity contribution in [3.05, 3.63) is 47.3 Å². The predicted molar refractivity (Wildman–Crippen MR) is 90.1 cm³/mol. The third-order valence-electron chi connectivity index (χ3n) is 4.56. The third kappa shape index (κ3) is 3.63. The average Bonchev–Trinajstić information content (AvgIpc) is 3.21. The van der Waals surface area contributed by atoms with E-state index in [0.717, 1.165) is 19.0 Å². The van der Waals surface area contributed by atoms with Gasteiger partial charge in [-0.25, -0.2) is 8.78 Å². The molecule has 134 valence electrons. The van der Waals surface area contributed by atoms with Gasteiger partial charge in [-0.05, 0) is 24.5 Å². The highest BCUT2D eigenvalue weighted by Gasteiger charge is 2.25. The summed E-state index contributed by atoms with van der Waals surface area (Å²) in [6, 6.07) is 3.92. The molecular weight excluding hydrogens is 328 g/mol. The van der Waals surface area contributed by atoms with Crippen LogP contribution in [0.3, 0.4) is 0 Å². The van der Waals surface area contributed by atoms with Crippen LogP contribution in [0.25, 0.3) is 0 Å². The Bertz CT molecular complexity index is 776. The number of aromatic nitrogens is 2. The summed E-state index contributed by atoms with van der Waals surface area (Å²) in [5.74, 6) is -1.66. The molecule has 2 heterocycles. The molecule has 8 heteroatoms. The Balaban J connectivity index is 1.57. The Labute approximate surface area is 144 Å². The lowest BCUT2D eigenvalue weighted by Gasteiger charge is -2.19. The first-order valence-corrected chi connectivity index (χ1v) is 8.18. The van der Waals surface area contributed by atoms with E-state index in [0.29, 0.717) is 30.0 Å². The van der Waals surface area contributed by atoms with Gasteiger partial charge in [0.15, 0.2) is 11.6 Å². The van der Waals surface area contributed by atoms with Crippen molar-refractivity contribution in [3.63, 3.8) is 0 Å². The van der Waals surface area contributed by atoms with Gasteiger partial charge in [-0.2, -0.15) is 5.10 Å².